The van der Waals surface area contributed by atoms with Gasteiger partial charge in [0.25, 0.3) is 0 Å². The minimum atomic E-state index is -6.72. The maximum atomic E-state index is 11.4. The second-order valence-corrected chi connectivity index (χ2v) is 16.5. The Kier molecular flexibility index (Phi) is 8.98. The molecule has 0 fully saturated rings. The van der Waals surface area contributed by atoms with Crippen molar-refractivity contribution in [2.45, 2.75) is 50.2 Å². The summed E-state index contributed by atoms with van der Waals surface area (Å²) in [7, 11) is -12.3. The molecule has 1 aromatic rings. The molecular formula is C13H23F6N3O4S2Si. The lowest BCUT2D eigenvalue weighted by Crippen LogP contribution is -2.30. The summed E-state index contributed by atoms with van der Waals surface area (Å²) >= 11 is 0. The smallest absolute Gasteiger partial charge is 0.421 e. The van der Waals surface area contributed by atoms with Crippen LogP contribution in [0.2, 0.25) is 25.7 Å². The van der Waals surface area contributed by atoms with Gasteiger partial charge in [-0.05, 0) is 5.92 Å². The van der Waals surface area contributed by atoms with Gasteiger partial charge in [-0.25, -0.2) is 26.0 Å². The molecule has 1 heterocycles. The van der Waals surface area contributed by atoms with E-state index in [-0.39, 0.29) is 0 Å². The predicted octanol–water partition coefficient (Wildman–Crippen LogP) is 3.35. The highest BCUT2D eigenvalue weighted by molar-refractivity contribution is 8.13. The van der Waals surface area contributed by atoms with Gasteiger partial charge in [-0.1, -0.05) is 32.6 Å². The van der Waals surface area contributed by atoms with Gasteiger partial charge in [-0.15, -0.1) is 0 Å². The van der Waals surface area contributed by atoms with Gasteiger partial charge < -0.3 is 4.13 Å². The Bertz CT molecular complexity index is 832. The molecule has 0 radical (unpaired) electrons. The number of hydrogen-bond donors (Lipinski definition) is 0. The van der Waals surface area contributed by atoms with E-state index in [2.05, 4.69) is 61.5 Å². The first-order chi connectivity index (χ1) is 12.6. The first-order valence-corrected chi connectivity index (χ1v) is 14.5. The lowest BCUT2D eigenvalue weighted by Gasteiger charge is -2.22. The Morgan fingerprint density at radius 2 is 1.41 bits per heavy atom. The second kappa shape index (κ2) is 9.34. The molecule has 0 bridgehead atoms. The lowest BCUT2D eigenvalue weighted by molar-refractivity contribution is -0.671. The molecule has 0 N–H and O–H groups in total. The van der Waals surface area contributed by atoms with Crippen molar-refractivity contribution >= 4 is 28.1 Å². The highest BCUT2D eigenvalue weighted by atomic mass is 32.3. The van der Waals surface area contributed by atoms with Crippen molar-refractivity contribution in [3.63, 3.8) is 0 Å². The van der Waals surface area contributed by atoms with E-state index in [0.717, 1.165) is 16.6 Å². The van der Waals surface area contributed by atoms with E-state index in [1.807, 2.05) is 0 Å². The average Bonchev–Trinajstić information content (AvgIpc) is 2.78. The maximum Gasteiger partial charge on any atom is 0.480 e. The van der Waals surface area contributed by atoms with Crippen LogP contribution in [0.1, 0.15) is 6.92 Å². The standard InChI is InChI=1S/C11H23N2Si.C2F6NO4S2/c1-11(9-14(3,4)5)8-13-7-6-12(2)10-13;3-1(4,5)14(10,11)9-15(12,13)2(6,7)8/h6-7,10-11H,8-9H2,1-5H3;/q+1;-1. The third-order valence-electron chi connectivity index (χ3n) is 3.09. The molecule has 1 rings (SSSR count). The Morgan fingerprint density at radius 3 is 1.69 bits per heavy atom. The molecule has 16 heteroatoms. The zero-order valence-corrected chi connectivity index (χ0v) is 18.9. The number of hydrogen-bond acceptors (Lipinski definition) is 4. The van der Waals surface area contributed by atoms with Crippen LogP contribution in [-0.2, 0) is 33.6 Å². The molecule has 29 heavy (non-hydrogen) atoms. The van der Waals surface area contributed by atoms with Crippen LogP contribution in [-0.4, -0.2) is 40.5 Å². The first-order valence-electron chi connectivity index (χ1n) is 7.95. The van der Waals surface area contributed by atoms with Crippen LogP contribution in [0.25, 0.3) is 4.13 Å². The van der Waals surface area contributed by atoms with E-state index in [1.165, 1.54) is 6.04 Å². The lowest BCUT2D eigenvalue weighted by atomic mass is 10.2. The molecule has 172 valence electrons. The number of nitrogens with zero attached hydrogens (tertiary/aromatic N) is 3. The summed E-state index contributed by atoms with van der Waals surface area (Å²) in [4.78, 5) is 0. The Hall–Kier alpha value is -1.13. The van der Waals surface area contributed by atoms with Gasteiger partial charge >= 0.3 is 11.0 Å². The van der Waals surface area contributed by atoms with Gasteiger partial charge in [0.1, 0.15) is 12.4 Å². The van der Waals surface area contributed by atoms with E-state index < -0.39 is 39.1 Å². The topological polar surface area (TPSA) is 91.2 Å². The van der Waals surface area contributed by atoms with E-state index in [0.29, 0.717) is 0 Å². The minimum Gasteiger partial charge on any atom is -0.421 e. The number of alkyl halides is 6. The SMILES string of the molecule is CC(Cn1cc[n+](C)c1)C[Si](C)(C)C.O=S(=O)([N-]S(=O)(=O)C(F)(F)F)C(F)(F)F. The monoisotopic (exact) mass is 491 g/mol. The van der Waals surface area contributed by atoms with Crippen molar-refractivity contribution in [3.8, 4) is 0 Å². The largest absolute Gasteiger partial charge is 0.480 e. The van der Waals surface area contributed by atoms with Crippen LogP contribution >= 0.6 is 0 Å². The zero-order chi connectivity index (χ0) is 23.5. The molecule has 0 spiro atoms. The number of aryl methyl sites for hydroxylation is 1. The molecule has 0 aromatic carbocycles. The summed E-state index contributed by atoms with van der Waals surface area (Å²) in [5.41, 5.74) is -12.4. The Morgan fingerprint density at radius 1 is 1.00 bits per heavy atom. The molecule has 1 unspecified atom stereocenters. The van der Waals surface area contributed by atoms with Gasteiger partial charge in [-0.2, -0.15) is 26.3 Å². The van der Waals surface area contributed by atoms with Crippen molar-refractivity contribution in [1.29, 1.82) is 0 Å². The van der Waals surface area contributed by atoms with Crippen LogP contribution < -0.4 is 4.57 Å². The Balaban J connectivity index is 0.000000541. The van der Waals surface area contributed by atoms with Gasteiger partial charge in [0.15, 0.2) is 20.0 Å². The van der Waals surface area contributed by atoms with Gasteiger partial charge in [0, 0.05) is 8.07 Å². The highest BCUT2D eigenvalue weighted by Crippen LogP contribution is 2.36. The summed E-state index contributed by atoms with van der Waals surface area (Å²) in [6.07, 6.45) is 6.41. The van der Waals surface area contributed by atoms with Gasteiger partial charge in [0.05, 0.1) is 13.6 Å². The quantitative estimate of drug-likeness (QED) is 0.347. The van der Waals surface area contributed by atoms with Gasteiger partial charge in [-0.3, -0.25) is 0 Å². The van der Waals surface area contributed by atoms with Crippen molar-refractivity contribution in [2.75, 3.05) is 0 Å². The summed E-state index contributed by atoms with van der Waals surface area (Å²) in [5.74, 6) is 0.800. The van der Waals surface area contributed by atoms with Crippen LogP contribution in [0.3, 0.4) is 0 Å². The summed E-state index contributed by atoms with van der Waals surface area (Å²) in [5, 5.41) is 0. The molecule has 0 saturated carbocycles. The fourth-order valence-corrected chi connectivity index (χ4v) is 6.22. The summed E-state index contributed by atoms with van der Waals surface area (Å²) in [6, 6.07) is 1.41. The number of sulfonamides is 2. The molecule has 0 amide bonds. The molecule has 0 saturated heterocycles. The van der Waals surface area contributed by atoms with Crippen LogP contribution in [0, 0.1) is 5.92 Å². The minimum absolute atomic E-state index is 0.778. The second-order valence-electron chi connectivity index (χ2n) is 7.56. The van der Waals surface area contributed by atoms with E-state index in [9.17, 15) is 43.2 Å². The third-order valence-corrected chi connectivity index (χ3v) is 7.75. The zero-order valence-electron chi connectivity index (χ0n) is 16.3. The molecule has 1 aromatic heterocycles. The number of rotatable bonds is 6. The van der Waals surface area contributed by atoms with Crippen LogP contribution in [0.5, 0.6) is 0 Å². The number of halogens is 6. The number of imidazole rings is 1. The fourth-order valence-electron chi connectivity index (χ4n) is 2.29. The van der Waals surface area contributed by atoms with Crippen molar-refractivity contribution in [3.05, 3.63) is 22.8 Å². The Labute approximate surface area is 166 Å². The van der Waals surface area contributed by atoms with Crippen LogP contribution in [0.15, 0.2) is 18.7 Å². The predicted molar refractivity (Wildman–Crippen MR) is 96.2 cm³/mol. The van der Waals surface area contributed by atoms with Crippen molar-refractivity contribution < 1.29 is 47.7 Å². The molecule has 0 aliphatic heterocycles. The average molecular weight is 492 g/mol. The van der Waals surface area contributed by atoms with Crippen molar-refractivity contribution in [2.24, 2.45) is 13.0 Å². The van der Waals surface area contributed by atoms with E-state index in [4.69, 9.17) is 0 Å². The van der Waals surface area contributed by atoms with Crippen LogP contribution in [0.4, 0.5) is 26.3 Å². The maximum absolute atomic E-state index is 11.4. The normalized spacial score (nSPS) is 14.9. The molecule has 0 aliphatic rings. The van der Waals surface area contributed by atoms with E-state index in [1.54, 1.807) is 0 Å². The molecule has 7 nitrogen and oxygen atoms in total. The molecule has 0 aliphatic carbocycles. The molecular weight excluding hydrogens is 468 g/mol. The van der Waals surface area contributed by atoms with E-state index >= 15 is 0 Å². The van der Waals surface area contributed by atoms with Crippen molar-refractivity contribution in [1.82, 2.24) is 4.57 Å². The molecule has 1 atom stereocenters. The van der Waals surface area contributed by atoms with Gasteiger partial charge in [0.2, 0.25) is 6.33 Å². The first kappa shape index (κ1) is 27.9. The highest BCUT2D eigenvalue weighted by Gasteiger charge is 2.46. The summed E-state index contributed by atoms with van der Waals surface area (Å²) < 4.78 is 114. The third kappa shape index (κ3) is 9.95. The fraction of sp³-hybridized carbons (Fsp3) is 0.769. The summed E-state index contributed by atoms with van der Waals surface area (Å²) in [6.45, 7) is 10.8. The number of aromatic nitrogens is 2.